The number of hydrogen-bond donors (Lipinski definition) is 0. The quantitative estimate of drug-likeness (QED) is 0.751. The van der Waals surface area contributed by atoms with E-state index in [2.05, 4.69) is 20.8 Å². The minimum atomic E-state index is -0.343. The summed E-state index contributed by atoms with van der Waals surface area (Å²) < 4.78 is 13.0. The Morgan fingerprint density at radius 3 is 2.69 bits per heavy atom. The molecule has 0 amide bonds. The lowest BCUT2D eigenvalue weighted by atomic mass is 10.1. The van der Waals surface area contributed by atoms with Crippen LogP contribution in [0.1, 0.15) is 18.4 Å². The van der Waals surface area contributed by atoms with E-state index in [0.717, 1.165) is 25.2 Å². The Hall–Kier alpha value is -0.120. The topological polar surface area (TPSA) is 3.24 Å². The number of halogens is 3. The molecule has 16 heavy (non-hydrogen) atoms. The highest BCUT2D eigenvalue weighted by Gasteiger charge is 2.16. The molecule has 88 valence electrons. The summed E-state index contributed by atoms with van der Waals surface area (Å²) in [5.41, 5.74) is 1.08. The summed E-state index contributed by atoms with van der Waals surface area (Å²) in [6.45, 7) is 3.04. The third-order valence-electron chi connectivity index (χ3n) is 2.91. The smallest absolute Gasteiger partial charge is 0.141 e. The highest BCUT2D eigenvalue weighted by atomic mass is 79.9. The molecule has 4 heteroatoms. The first-order valence-corrected chi connectivity index (χ1v) is 6.75. The van der Waals surface area contributed by atoms with Crippen LogP contribution in [0.15, 0.2) is 18.2 Å². The molecule has 1 aromatic rings. The highest BCUT2D eigenvalue weighted by molar-refractivity contribution is 9.09. The van der Waals surface area contributed by atoms with Gasteiger partial charge in [-0.05, 0) is 43.6 Å². The molecule has 2 rings (SSSR count). The zero-order valence-corrected chi connectivity index (χ0v) is 11.3. The molecular weight excluding hydrogens is 292 g/mol. The van der Waals surface area contributed by atoms with Crippen molar-refractivity contribution < 1.29 is 4.39 Å². The van der Waals surface area contributed by atoms with Crippen LogP contribution in [0.2, 0.25) is 5.02 Å². The zero-order valence-electron chi connectivity index (χ0n) is 8.93. The standard InChI is InChI=1S/C12H14BrClFN/c13-10-3-5-16(6-4-10)8-9-1-2-12(15)11(14)7-9/h1-2,7,10H,3-6,8H2. The van der Waals surface area contributed by atoms with E-state index in [4.69, 9.17) is 11.6 Å². The predicted octanol–water partition coefficient (Wildman–Crippen LogP) is 3.84. The van der Waals surface area contributed by atoms with Crippen molar-refractivity contribution >= 4 is 27.5 Å². The molecule has 1 aromatic carbocycles. The molecule has 1 nitrogen and oxygen atoms in total. The summed E-state index contributed by atoms with van der Waals surface area (Å²) in [5, 5.41) is 0.216. The third-order valence-corrected chi connectivity index (χ3v) is 4.11. The molecule has 0 bridgehead atoms. The number of piperidine rings is 1. The summed E-state index contributed by atoms with van der Waals surface area (Å²) in [5.74, 6) is -0.343. The Labute approximate surface area is 109 Å². The van der Waals surface area contributed by atoms with Gasteiger partial charge in [-0.2, -0.15) is 0 Å². The van der Waals surface area contributed by atoms with Crippen LogP contribution in [0.4, 0.5) is 4.39 Å². The number of hydrogen-bond acceptors (Lipinski definition) is 1. The largest absolute Gasteiger partial charge is 0.299 e. The fourth-order valence-electron chi connectivity index (χ4n) is 1.96. The Balaban J connectivity index is 1.96. The molecule has 1 fully saturated rings. The van der Waals surface area contributed by atoms with Crippen LogP contribution in [-0.4, -0.2) is 22.8 Å². The van der Waals surface area contributed by atoms with Crippen LogP contribution in [0, 0.1) is 5.82 Å². The molecule has 0 spiro atoms. The maximum atomic E-state index is 13.0. The fourth-order valence-corrected chi connectivity index (χ4v) is 2.57. The summed E-state index contributed by atoms with van der Waals surface area (Å²) >= 11 is 9.38. The maximum Gasteiger partial charge on any atom is 0.141 e. The molecule has 0 N–H and O–H groups in total. The van der Waals surface area contributed by atoms with Gasteiger partial charge >= 0.3 is 0 Å². The molecule has 1 aliphatic rings. The van der Waals surface area contributed by atoms with Crippen LogP contribution >= 0.6 is 27.5 Å². The minimum absolute atomic E-state index is 0.216. The normalized spacial score (nSPS) is 18.9. The van der Waals surface area contributed by atoms with Crippen molar-refractivity contribution in [2.24, 2.45) is 0 Å². The van der Waals surface area contributed by atoms with E-state index in [0.29, 0.717) is 4.83 Å². The molecule has 0 unspecified atom stereocenters. The van der Waals surface area contributed by atoms with Gasteiger partial charge in [-0.15, -0.1) is 0 Å². The van der Waals surface area contributed by atoms with Crippen LogP contribution in [0.3, 0.4) is 0 Å². The van der Waals surface area contributed by atoms with Crippen molar-refractivity contribution in [1.82, 2.24) is 4.90 Å². The van der Waals surface area contributed by atoms with Gasteiger partial charge in [0.05, 0.1) is 5.02 Å². The number of likely N-dealkylation sites (tertiary alicyclic amines) is 1. The first-order valence-electron chi connectivity index (χ1n) is 5.45. The van der Waals surface area contributed by atoms with Crippen molar-refractivity contribution in [3.63, 3.8) is 0 Å². The Morgan fingerprint density at radius 2 is 2.06 bits per heavy atom. The monoisotopic (exact) mass is 305 g/mol. The molecule has 0 radical (unpaired) electrons. The molecule has 0 atom stereocenters. The average Bonchev–Trinajstić information content (AvgIpc) is 2.27. The van der Waals surface area contributed by atoms with Gasteiger partial charge in [0.15, 0.2) is 0 Å². The third kappa shape index (κ3) is 3.19. The van der Waals surface area contributed by atoms with E-state index in [-0.39, 0.29) is 10.8 Å². The van der Waals surface area contributed by atoms with Crippen molar-refractivity contribution in [1.29, 1.82) is 0 Å². The molecule has 0 aliphatic carbocycles. The van der Waals surface area contributed by atoms with Gasteiger partial charge in [0.2, 0.25) is 0 Å². The number of nitrogens with zero attached hydrogens (tertiary/aromatic N) is 1. The van der Waals surface area contributed by atoms with Gasteiger partial charge in [0.25, 0.3) is 0 Å². The Morgan fingerprint density at radius 1 is 1.38 bits per heavy atom. The lowest BCUT2D eigenvalue weighted by Crippen LogP contribution is -2.33. The van der Waals surface area contributed by atoms with Crippen molar-refractivity contribution in [2.45, 2.75) is 24.2 Å². The second kappa shape index (κ2) is 5.48. The Bertz CT molecular complexity index is 364. The molecule has 1 heterocycles. The summed E-state index contributed by atoms with van der Waals surface area (Å²) in [7, 11) is 0. The highest BCUT2D eigenvalue weighted by Crippen LogP contribution is 2.21. The first kappa shape index (κ1) is 12.3. The number of rotatable bonds is 2. The summed E-state index contributed by atoms with van der Waals surface area (Å²) in [4.78, 5) is 3.03. The van der Waals surface area contributed by atoms with Gasteiger partial charge in [-0.3, -0.25) is 4.90 Å². The van der Waals surface area contributed by atoms with Crippen molar-refractivity contribution in [3.05, 3.63) is 34.6 Å². The van der Waals surface area contributed by atoms with Crippen molar-refractivity contribution in [2.75, 3.05) is 13.1 Å². The minimum Gasteiger partial charge on any atom is -0.299 e. The van der Waals surface area contributed by atoms with Crippen LogP contribution in [-0.2, 0) is 6.54 Å². The maximum absolute atomic E-state index is 13.0. The lowest BCUT2D eigenvalue weighted by molar-refractivity contribution is 0.226. The second-order valence-corrected chi connectivity index (χ2v) is 5.90. The molecule has 1 saturated heterocycles. The predicted molar refractivity (Wildman–Crippen MR) is 68.6 cm³/mol. The van der Waals surface area contributed by atoms with Crippen LogP contribution in [0.25, 0.3) is 0 Å². The van der Waals surface area contributed by atoms with Crippen molar-refractivity contribution in [3.8, 4) is 0 Å². The summed E-state index contributed by atoms with van der Waals surface area (Å²) in [6, 6.07) is 4.97. The van der Waals surface area contributed by atoms with E-state index >= 15 is 0 Å². The van der Waals surface area contributed by atoms with E-state index in [1.165, 1.54) is 18.9 Å². The van der Waals surface area contributed by atoms with Gasteiger partial charge in [-0.25, -0.2) is 4.39 Å². The van der Waals surface area contributed by atoms with Gasteiger partial charge < -0.3 is 0 Å². The van der Waals surface area contributed by atoms with Gasteiger partial charge in [-0.1, -0.05) is 33.6 Å². The fraction of sp³-hybridized carbons (Fsp3) is 0.500. The molecule has 0 aromatic heterocycles. The first-order chi connectivity index (χ1) is 7.65. The lowest BCUT2D eigenvalue weighted by Gasteiger charge is -2.29. The van der Waals surface area contributed by atoms with Gasteiger partial charge in [0.1, 0.15) is 5.82 Å². The SMILES string of the molecule is Fc1ccc(CN2CCC(Br)CC2)cc1Cl. The van der Waals surface area contributed by atoms with E-state index in [9.17, 15) is 4.39 Å². The Kier molecular flexibility index (Phi) is 4.22. The van der Waals surface area contributed by atoms with Gasteiger partial charge in [0, 0.05) is 11.4 Å². The molecular formula is C12H14BrClFN. The molecule has 1 aliphatic heterocycles. The summed E-state index contributed by atoms with van der Waals surface area (Å²) in [6.07, 6.45) is 2.35. The van der Waals surface area contributed by atoms with E-state index < -0.39 is 0 Å². The van der Waals surface area contributed by atoms with Crippen LogP contribution < -0.4 is 0 Å². The zero-order chi connectivity index (χ0) is 11.5. The van der Waals surface area contributed by atoms with Crippen LogP contribution in [0.5, 0.6) is 0 Å². The molecule has 0 saturated carbocycles. The number of alkyl halides is 1. The average molecular weight is 307 g/mol. The number of benzene rings is 1. The van der Waals surface area contributed by atoms with E-state index in [1.807, 2.05) is 0 Å². The van der Waals surface area contributed by atoms with E-state index in [1.54, 1.807) is 12.1 Å². The second-order valence-electron chi connectivity index (χ2n) is 4.20.